The molecule has 0 aliphatic heterocycles. The van der Waals surface area contributed by atoms with Crippen LogP contribution >= 0.6 is 0 Å². The molecule has 3 nitrogen and oxygen atoms in total. The van der Waals surface area contributed by atoms with Gasteiger partial charge in [-0.25, -0.2) is 4.68 Å². The first-order valence-electron chi connectivity index (χ1n) is 5.55. The van der Waals surface area contributed by atoms with Gasteiger partial charge in [0.1, 0.15) is 0 Å². The van der Waals surface area contributed by atoms with E-state index in [0.29, 0.717) is 6.04 Å². The van der Waals surface area contributed by atoms with Crippen LogP contribution in [0.2, 0.25) is 0 Å². The lowest BCUT2D eigenvalue weighted by Crippen LogP contribution is -2.20. The Kier molecular flexibility index (Phi) is 1.91. The van der Waals surface area contributed by atoms with E-state index in [-0.39, 0.29) is 5.56 Å². The van der Waals surface area contributed by atoms with E-state index in [2.05, 4.69) is 5.10 Å². The standard InChI is InChI=1S/C12H14N2O/c15-12-10-7-3-4-8-11(10)13-14(12)9-5-1-2-6-9/h3-4,7-9,13H,1-2,5-6H2. The van der Waals surface area contributed by atoms with Gasteiger partial charge in [0.05, 0.1) is 16.9 Å². The predicted molar refractivity (Wildman–Crippen MR) is 60.1 cm³/mol. The van der Waals surface area contributed by atoms with Crippen molar-refractivity contribution in [3.8, 4) is 0 Å². The van der Waals surface area contributed by atoms with Crippen LogP contribution in [-0.2, 0) is 0 Å². The fourth-order valence-electron chi connectivity index (χ4n) is 2.50. The first-order valence-corrected chi connectivity index (χ1v) is 5.55. The Morgan fingerprint density at radius 1 is 1.20 bits per heavy atom. The largest absolute Gasteiger partial charge is 0.295 e. The number of nitrogens with zero attached hydrogens (tertiary/aromatic N) is 1. The Balaban J connectivity index is 2.19. The van der Waals surface area contributed by atoms with Gasteiger partial charge in [-0.3, -0.25) is 9.89 Å². The minimum Gasteiger partial charge on any atom is -0.295 e. The molecule has 3 rings (SSSR count). The molecule has 0 atom stereocenters. The van der Waals surface area contributed by atoms with E-state index in [9.17, 15) is 4.79 Å². The second-order valence-electron chi connectivity index (χ2n) is 4.27. The van der Waals surface area contributed by atoms with Crippen LogP contribution in [0.3, 0.4) is 0 Å². The summed E-state index contributed by atoms with van der Waals surface area (Å²) in [6.45, 7) is 0. The highest BCUT2D eigenvalue weighted by atomic mass is 16.1. The van der Waals surface area contributed by atoms with Crippen molar-refractivity contribution in [2.45, 2.75) is 31.7 Å². The van der Waals surface area contributed by atoms with Gasteiger partial charge < -0.3 is 0 Å². The molecule has 1 aliphatic rings. The Morgan fingerprint density at radius 2 is 1.93 bits per heavy atom. The molecule has 0 saturated heterocycles. The summed E-state index contributed by atoms with van der Waals surface area (Å²) in [6.07, 6.45) is 4.75. The third-order valence-electron chi connectivity index (χ3n) is 3.31. The molecule has 0 amide bonds. The van der Waals surface area contributed by atoms with Gasteiger partial charge in [0.15, 0.2) is 0 Å². The molecule has 1 aromatic carbocycles. The molecule has 3 heteroatoms. The number of para-hydroxylation sites is 1. The number of rotatable bonds is 1. The fourth-order valence-corrected chi connectivity index (χ4v) is 2.50. The highest BCUT2D eigenvalue weighted by molar-refractivity contribution is 5.77. The van der Waals surface area contributed by atoms with Crippen molar-refractivity contribution in [2.75, 3.05) is 0 Å². The third kappa shape index (κ3) is 1.30. The molecule has 0 bridgehead atoms. The lowest BCUT2D eigenvalue weighted by Gasteiger charge is -2.08. The van der Waals surface area contributed by atoms with Gasteiger partial charge in [-0.05, 0) is 25.0 Å². The van der Waals surface area contributed by atoms with E-state index in [1.807, 2.05) is 28.9 Å². The third-order valence-corrected chi connectivity index (χ3v) is 3.31. The normalized spacial score (nSPS) is 17.6. The van der Waals surface area contributed by atoms with E-state index in [1.54, 1.807) is 0 Å². The van der Waals surface area contributed by atoms with Gasteiger partial charge in [-0.1, -0.05) is 25.0 Å². The zero-order chi connectivity index (χ0) is 10.3. The molecular weight excluding hydrogens is 188 g/mol. The first-order chi connectivity index (χ1) is 7.36. The van der Waals surface area contributed by atoms with Crippen molar-refractivity contribution in [2.24, 2.45) is 0 Å². The monoisotopic (exact) mass is 202 g/mol. The molecule has 1 saturated carbocycles. The molecular formula is C12H14N2O. The molecule has 1 heterocycles. The van der Waals surface area contributed by atoms with Crippen molar-refractivity contribution < 1.29 is 0 Å². The van der Waals surface area contributed by atoms with Crippen LogP contribution in [0.5, 0.6) is 0 Å². The van der Waals surface area contributed by atoms with Gasteiger partial charge in [0.2, 0.25) is 0 Å². The van der Waals surface area contributed by atoms with Crippen LogP contribution in [0.4, 0.5) is 0 Å². The predicted octanol–water partition coefficient (Wildman–Crippen LogP) is 2.44. The first kappa shape index (κ1) is 8.77. The van der Waals surface area contributed by atoms with Crippen molar-refractivity contribution in [1.29, 1.82) is 0 Å². The van der Waals surface area contributed by atoms with E-state index < -0.39 is 0 Å². The number of hydrogen-bond donors (Lipinski definition) is 1. The summed E-state index contributed by atoms with van der Waals surface area (Å²) in [5, 5.41) is 4.02. The molecule has 0 unspecified atom stereocenters. The Labute approximate surface area is 87.7 Å². The number of aromatic amines is 1. The van der Waals surface area contributed by atoms with Gasteiger partial charge in [0.25, 0.3) is 5.56 Å². The maximum Gasteiger partial charge on any atom is 0.274 e. The topological polar surface area (TPSA) is 37.8 Å². The molecule has 1 aliphatic carbocycles. The summed E-state index contributed by atoms with van der Waals surface area (Å²) in [7, 11) is 0. The Bertz CT molecular complexity index is 532. The van der Waals surface area contributed by atoms with Crippen molar-refractivity contribution in [1.82, 2.24) is 9.78 Å². The van der Waals surface area contributed by atoms with Crippen LogP contribution in [-0.4, -0.2) is 9.78 Å². The van der Waals surface area contributed by atoms with Crippen LogP contribution in [0.15, 0.2) is 29.1 Å². The fraction of sp³-hybridized carbons (Fsp3) is 0.417. The van der Waals surface area contributed by atoms with E-state index >= 15 is 0 Å². The number of hydrogen-bond acceptors (Lipinski definition) is 1. The van der Waals surface area contributed by atoms with E-state index in [1.165, 1.54) is 12.8 Å². The van der Waals surface area contributed by atoms with Crippen LogP contribution in [0, 0.1) is 0 Å². The average molecular weight is 202 g/mol. The minimum absolute atomic E-state index is 0.137. The van der Waals surface area contributed by atoms with E-state index in [0.717, 1.165) is 23.7 Å². The zero-order valence-corrected chi connectivity index (χ0v) is 8.57. The maximum atomic E-state index is 12.0. The van der Waals surface area contributed by atoms with Gasteiger partial charge in [-0.2, -0.15) is 0 Å². The summed E-state index contributed by atoms with van der Waals surface area (Å²) in [6, 6.07) is 8.11. The molecule has 1 fully saturated rings. The average Bonchev–Trinajstić information content (AvgIpc) is 2.87. The Hall–Kier alpha value is -1.51. The molecule has 15 heavy (non-hydrogen) atoms. The molecule has 0 spiro atoms. The van der Waals surface area contributed by atoms with Crippen molar-refractivity contribution in [3.05, 3.63) is 34.6 Å². The number of H-pyrrole nitrogens is 1. The highest BCUT2D eigenvalue weighted by Gasteiger charge is 2.19. The van der Waals surface area contributed by atoms with Crippen molar-refractivity contribution in [3.63, 3.8) is 0 Å². The second-order valence-corrected chi connectivity index (χ2v) is 4.27. The number of fused-ring (bicyclic) bond motifs is 1. The SMILES string of the molecule is O=c1c2ccccc2[nH]n1C1CCCC1. The lowest BCUT2D eigenvalue weighted by molar-refractivity contribution is 0.458. The quantitative estimate of drug-likeness (QED) is 0.757. The lowest BCUT2D eigenvalue weighted by atomic mass is 10.2. The zero-order valence-electron chi connectivity index (χ0n) is 8.57. The van der Waals surface area contributed by atoms with Crippen LogP contribution < -0.4 is 5.56 Å². The van der Waals surface area contributed by atoms with Crippen molar-refractivity contribution >= 4 is 10.9 Å². The van der Waals surface area contributed by atoms with Crippen LogP contribution in [0.25, 0.3) is 10.9 Å². The smallest absolute Gasteiger partial charge is 0.274 e. The second kappa shape index (κ2) is 3.26. The molecule has 0 radical (unpaired) electrons. The molecule has 1 N–H and O–H groups in total. The summed E-state index contributed by atoms with van der Waals surface area (Å²) in [5.41, 5.74) is 1.09. The summed E-state index contributed by atoms with van der Waals surface area (Å²) in [5.74, 6) is 0. The minimum atomic E-state index is 0.137. The number of nitrogens with one attached hydrogen (secondary N) is 1. The molecule has 1 aromatic heterocycles. The summed E-state index contributed by atoms with van der Waals surface area (Å²) < 4.78 is 1.82. The summed E-state index contributed by atoms with van der Waals surface area (Å²) >= 11 is 0. The van der Waals surface area contributed by atoms with Gasteiger partial charge in [0, 0.05) is 0 Å². The Morgan fingerprint density at radius 3 is 2.67 bits per heavy atom. The van der Waals surface area contributed by atoms with Gasteiger partial charge in [-0.15, -0.1) is 0 Å². The van der Waals surface area contributed by atoms with Gasteiger partial charge >= 0.3 is 0 Å². The molecule has 2 aromatic rings. The summed E-state index contributed by atoms with van der Waals surface area (Å²) in [4.78, 5) is 12.0. The number of aromatic nitrogens is 2. The number of benzene rings is 1. The van der Waals surface area contributed by atoms with Crippen LogP contribution in [0.1, 0.15) is 31.7 Å². The van der Waals surface area contributed by atoms with E-state index in [4.69, 9.17) is 0 Å². The molecule has 78 valence electrons. The maximum absolute atomic E-state index is 12.0. The highest BCUT2D eigenvalue weighted by Crippen LogP contribution is 2.28.